The van der Waals surface area contributed by atoms with E-state index in [0.717, 1.165) is 64.1 Å². The van der Waals surface area contributed by atoms with Gasteiger partial charge in [0.2, 0.25) is 5.91 Å². The second-order valence-corrected chi connectivity index (χ2v) is 5.39. The van der Waals surface area contributed by atoms with E-state index >= 15 is 0 Å². The van der Waals surface area contributed by atoms with Gasteiger partial charge in [-0.3, -0.25) is 4.79 Å². The Balaban J connectivity index is 1.36. The fraction of sp³-hybridized carbons (Fsp3) is 0.769. The van der Waals surface area contributed by atoms with Gasteiger partial charge in [0, 0.05) is 32.0 Å². The third-order valence-electron chi connectivity index (χ3n) is 4.01. The third kappa shape index (κ3) is 2.94. The van der Waals surface area contributed by atoms with Crippen LogP contribution < -0.4 is 5.32 Å². The van der Waals surface area contributed by atoms with Crippen LogP contribution in [-0.2, 0) is 17.8 Å². The Hall–Kier alpha value is -1.43. The van der Waals surface area contributed by atoms with Gasteiger partial charge in [-0.05, 0) is 25.8 Å². The van der Waals surface area contributed by atoms with Gasteiger partial charge in [-0.2, -0.15) is 5.10 Å². The maximum atomic E-state index is 11.5. The van der Waals surface area contributed by atoms with Crippen molar-refractivity contribution in [2.75, 3.05) is 19.6 Å². The molecule has 0 unspecified atom stereocenters. The smallest absolute Gasteiger partial charge is 0.222 e. The van der Waals surface area contributed by atoms with Crippen LogP contribution in [0.1, 0.15) is 31.5 Å². The van der Waals surface area contributed by atoms with E-state index in [-0.39, 0.29) is 0 Å². The summed E-state index contributed by atoms with van der Waals surface area (Å²) in [5, 5.41) is 7.79. The van der Waals surface area contributed by atoms with Gasteiger partial charge in [0.1, 0.15) is 12.2 Å². The Morgan fingerprint density at radius 2 is 2.37 bits per heavy atom. The molecule has 0 aliphatic carbocycles. The van der Waals surface area contributed by atoms with Crippen molar-refractivity contribution < 1.29 is 4.79 Å². The van der Waals surface area contributed by atoms with E-state index in [0.29, 0.717) is 11.9 Å². The van der Waals surface area contributed by atoms with Crippen molar-refractivity contribution in [2.45, 2.75) is 44.7 Å². The second kappa shape index (κ2) is 5.69. The summed E-state index contributed by atoms with van der Waals surface area (Å²) in [5.41, 5.74) is 0. The topological polar surface area (TPSA) is 63.1 Å². The highest BCUT2D eigenvalue weighted by atomic mass is 16.2. The molecule has 0 radical (unpaired) electrons. The first-order valence-electron chi connectivity index (χ1n) is 7.21. The number of aryl methyl sites for hydroxylation is 1. The number of rotatable bonds is 5. The number of nitrogens with zero attached hydrogens (tertiary/aromatic N) is 4. The molecular weight excluding hydrogens is 242 g/mol. The second-order valence-electron chi connectivity index (χ2n) is 5.39. The first kappa shape index (κ1) is 12.6. The minimum Gasteiger partial charge on any atom is -0.343 e. The van der Waals surface area contributed by atoms with Crippen molar-refractivity contribution in [3.8, 4) is 0 Å². The van der Waals surface area contributed by atoms with Crippen molar-refractivity contribution in [1.82, 2.24) is 25.0 Å². The van der Waals surface area contributed by atoms with Crippen LogP contribution in [0.4, 0.5) is 0 Å². The molecular formula is C13H21N5O. The van der Waals surface area contributed by atoms with Gasteiger partial charge >= 0.3 is 0 Å². The molecule has 1 aromatic heterocycles. The van der Waals surface area contributed by atoms with Crippen molar-refractivity contribution in [1.29, 1.82) is 0 Å². The van der Waals surface area contributed by atoms with Crippen LogP contribution >= 0.6 is 0 Å². The number of hydrogen-bond acceptors (Lipinski definition) is 4. The molecule has 1 aromatic rings. The number of likely N-dealkylation sites (tertiary alicyclic amines) is 1. The zero-order valence-electron chi connectivity index (χ0n) is 11.2. The monoisotopic (exact) mass is 263 g/mol. The number of aromatic nitrogens is 3. The fourth-order valence-corrected chi connectivity index (χ4v) is 2.92. The van der Waals surface area contributed by atoms with E-state index in [1.807, 2.05) is 9.58 Å². The Bertz CT molecular complexity index is 444. The molecule has 1 fully saturated rings. The van der Waals surface area contributed by atoms with E-state index in [2.05, 4.69) is 15.4 Å². The van der Waals surface area contributed by atoms with Crippen LogP contribution in [0.2, 0.25) is 0 Å². The predicted octanol–water partition coefficient (Wildman–Crippen LogP) is 0.195. The molecule has 2 aliphatic heterocycles. The lowest BCUT2D eigenvalue weighted by atomic mass is 10.1. The summed E-state index contributed by atoms with van der Waals surface area (Å²) >= 11 is 0. The zero-order chi connectivity index (χ0) is 13.1. The summed E-state index contributed by atoms with van der Waals surface area (Å²) in [6.45, 7) is 3.73. The Morgan fingerprint density at radius 1 is 1.42 bits per heavy atom. The normalized spacial score (nSPS) is 22.8. The minimum atomic E-state index is 0.324. The zero-order valence-corrected chi connectivity index (χ0v) is 11.2. The Kier molecular flexibility index (Phi) is 3.77. The Labute approximate surface area is 113 Å². The SMILES string of the molecule is O=C1CCCN1CCCN[C@H]1CCc2ncnn2C1. The molecule has 6 nitrogen and oxygen atoms in total. The van der Waals surface area contributed by atoms with E-state index in [1.54, 1.807) is 6.33 Å². The molecule has 1 saturated heterocycles. The lowest BCUT2D eigenvalue weighted by Gasteiger charge is -2.24. The van der Waals surface area contributed by atoms with Crippen LogP contribution in [0, 0.1) is 0 Å². The molecule has 0 saturated carbocycles. The number of fused-ring (bicyclic) bond motifs is 1. The van der Waals surface area contributed by atoms with Crippen molar-refractivity contribution in [3.63, 3.8) is 0 Å². The van der Waals surface area contributed by atoms with E-state index in [1.165, 1.54) is 0 Å². The molecule has 3 rings (SSSR count). The van der Waals surface area contributed by atoms with Gasteiger partial charge in [-0.25, -0.2) is 9.67 Å². The molecule has 104 valence electrons. The van der Waals surface area contributed by atoms with Crippen LogP contribution in [0.15, 0.2) is 6.33 Å². The van der Waals surface area contributed by atoms with Gasteiger partial charge in [0.05, 0.1) is 6.54 Å². The quantitative estimate of drug-likeness (QED) is 0.771. The Morgan fingerprint density at radius 3 is 3.21 bits per heavy atom. The molecule has 2 aliphatic rings. The van der Waals surface area contributed by atoms with E-state index in [4.69, 9.17) is 0 Å². The molecule has 0 bridgehead atoms. The van der Waals surface area contributed by atoms with Crippen LogP contribution in [0.25, 0.3) is 0 Å². The minimum absolute atomic E-state index is 0.324. The first-order chi connectivity index (χ1) is 9.33. The van der Waals surface area contributed by atoms with Gasteiger partial charge in [-0.15, -0.1) is 0 Å². The van der Waals surface area contributed by atoms with Crippen molar-refractivity contribution >= 4 is 5.91 Å². The summed E-state index contributed by atoms with van der Waals surface area (Å²) in [5.74, 6) is 1.42. The molecule has 1 amide bonds. The van der Waals surface area contributed by atoms with E-state index < -0.39 is 0 Å². The summed E-state index contributed by atoms with van der Waals surface area (Å²) in [6, 6.07) is 0.489. The lowest BCUT2D eigenvalue weighted by Crippen LogP contribution is -2.39. The van der Waals surface area contributed by atoms with E-state index in [9.17, 15) is 4.79 Å². The number of carbonyl (C=O) groups is 1. The molecule has 0 spiro atoms. The predicted molar refractivity (Wildman–Crippen MR) is 70.6 cm³/mol. The molecule has 6 heteroatoms. The van der Waals surface area contributed by atoms with Gasteiger partial charge in [0.15, 0.2) is 0 Å². The van der Waals surface area contributed by atoms with Crippen molar-refractivity contribution in [2.24, 2.45) is 0 Å². The largest absolute Gasteiger partial charge is 0.343 e. The van der Waals surface area contributed by atoms with Gasteiger partial charge in [0.25, 0.3) is 0 Å². The summed E-state index contributed by atoms with van der Waals surface area (Å²) in [4.78, 5) is 17.7. The summed E-state index contributed by atoms with van der Waals surface area (Å²) < 4.78 is 1.99. The molecule has 1 N–H and O–H groups in total. The fourth-order valence-electron chi connectivity index (χ4n) is 2.92. The number of hydrogen-bond donors (Lipinski definition) is 1. The van der Waals surface area contributed by atoms with Crippen LogP contribution in [0.3, 0.4) is 0 Å². The van der Waals surface area contributed by atoms with Crippen LogP contribution in [-0.4, -0.2) is 51.2 Å². The van der Waals surface area contributed by atoms with Gasteiger partial charge < -0.3 is 10.2 Å². The highest BCUT2D eigenvalue weighted by Gasteiger charge is 2.21. The number of carbonyl (C=O) groups excluding carboxylic acids is 1. The average molecular weight is 263 g/mol. The number of nitrogens with one attached hydrogen (secondary N) is 1. The third-order valence-corrected chi connectivity index (χ3v) is 4.01. The van der Waals surface area contributed by atoms with Crippen LogP contribution in [0.5, 0.6) is 0 Å². The highest BCUT2D eigenvalue weighted by Crippen LogP contribution is 2.12. The molecule has 19 heavy (non-hydrogen) atoms. The summed E-state index contributed by atoms with van der Waals surface area (Å²) in [6.07, 6.45) is 6.57. The summed E-state index contributed by atoms with van der Waals surface area (Å²) in [7, 11) is 0. The maximum Gasteiger partial charge on any atom is 0.222 e. The van der Waals surface area contributed by atoms with Crippen molar-refractivity contribution in [3.05, 3.63) is 12.2 Å². The standard InChI is InChI=1S/C13H21N5O/c19-13-3-1-7-17(13)8-2-6-14-11-4-5-12-15-10-16-18(12)9-11/h10-11,14H,1-9H2/t11-/m0/s1. The average Bonchev–Trinajstić information content (AvgIpc) is 3.03. The first-order valence-corrected chi connectivity index (χ1v) is 7.21. The maximum absolute atomic E-state index is 11.5. The molecule has 1 atom stereocenters. The highest BCUT2D eigenvalue weighted by molar-refractivity contribution is 5.77. The molecule has 0 aromatic carbocycles. The lowest BCUT2D eigenvalue weighted by molar-refractivity contribution is -0.127. The van der Waals surface area contributed by atoms with Gasteiger partial charge in [-0.1, -0.05) is 0 Å². The molecule has 3 heterocycles. The number of amides is 1.